The smallest absolute Gasteiger partial charge is 0.0986 e. The van der Waals surface area contributed by atoms with Gasteiger partial charge in [0.15, 0.2) is 0 Å². The van der Waals surface area contributed by atoms with Gasteiger partial charge in [-0.25, -0.2) is 0 Å². The minimum Gasteiger partial charge on any atom is -0.386 e. The van der Waals surface area contributed by atoms with E-state index < -0.39 is 6.10 Å². The van der Waals surface area contributed by atoms with Crippen LogP contribution in [0, 0.1) is 5.92 Å². The van der Waals surface area contributed by atoms with E-state index in [2.05, 4.69) is 55.8 Å². The first-order valence-electron chi connectivity index (χ1n) is 10.4. The van der Waals surface area contributed by atoms with Crippen molar-refractivity contribution in [2.75, 3.05) is 0 Å². The van der Waals surface area contributed by atoms with Crippen molar-refractivity contribution in [2.24, 2.45) is 5.92 Å². The standard InChI is InChI=1S/C25H30N2O/c1-17(2)21-15-14-18(3)23-24(21)26-27(25(23)20-12-8-5-9-13-20)16-22(28)19-10-6-4-7-11-19/h4-13,17-18,21-22,28H,14-16H2,1-3H3/t18-,21+,22-/m1/s1. The second-order valence-corrected chi connectivity index (χ2v) is 8.45. The number of hydrogen-bond donors (Lipinski definition) is 1. The van der Waals surface area contributed by atoms with Crippen molar-refractivity contribution in [3.8, 4) is 11.3 Å². The van der Waals surface area contributed by atoms with Crippen LogP contribution in [-0.2, 0) is 6.54 Å². The average Bonchev–Trinajstić information content (AvgIpc) is 3.09. The first-order chi connectivity index (χ1) is 13.6. The van der Waals surface area contributed by atoms with Crippen LogP contribution < -0.4 is 0 Å². The van der Waals surface area contributed by atoms with E-state index >= 15 is 0 Å². The Morgan fingerprint density at radius 1 is 1.00 bits per heavy atom. The highest BCUT2D eigenvalue weighted by Crippen LogP contribution is 2.46. The van der Waals surface area contributed by atoms with Gasteiger partial charge in [0, 0.05) is 17.0 Å². The number of benzene rings is 2. The summed E-state index contributed by atoms with van der Waals surface area (Å²) in [7, 11) is 0. The van der Waals surface area contributed by atoms with Crippen molar-refractivity contribution in [2.45, 2.75) is 58.1 Å². The topological polar surface area (TPSA) is 38.0 Å². The maximum absolute atomic E-state index is 10.9. The Balaban J connectivity index is 1.82. The van der Waals surface area contributed by atoms with Crippen LogP contribution in [0.4, 0.5) is 0 Å². The van der Waals surface area contributed by atoms with E-state index in [4.69, 9.17) is 5.10 Å². The van der Waals surface area contributed by atoms with Gasteiger partial charge in [0.1, 0.15) is 0 Å². The average molecular weight is 375 g/mol. The Morgan fingerprint density at radius 3 is 2.29 bits per heavy atom. The zero-order chi connectivity index (χ0) is 19.7. The maximum atomic E-state index is 10.9. The minimum absolute atomic E-state index is 0.471. The summed E-state index contributed by atoms with van der Waals surface area (Å²) < 4.78 is 2.06. The zero-order valence-corrected chi connectivity index (χ0v) is 17.0. The van der Waals surface area contributed by atoms with Crippen molar-refractivity contribution >= 4 is 0 Å². The zero-order valence-electron chi connectivity index (χ0n) is 17.0. The van der Waals surface area contributed by atoms with Crippen molar-refractivity contribution in [3.05, 3.63) is 77.5 Å². The lowest BCUT2D eigenvalue weighted by molar-refractivity contribution is 0.152. The van der Waals surface area contributed by atoms with Crippen LogP contribution in [0.5, 0.6) is 0 Å². The summed E-state index contributed by atoms with van der Waals surface area (Å²) in [6, 6.07) is 20.4. The Kier molecular flexibility index (Phi) is 5.36. The van der Waals surface area contributed by atoms with Gasteiger partial charge in [0.25, 0.3) is 0 Å². The molecule has 0 amide bonds. The van der Waals surface area contributed by atoms with Gasteiger partial charge in [0.05, 0.1) is 24.0 Å². The molecule has 1 aliphatic rings. The molecule has 1 heterocycles. The molecule has 0 aliphatic heterocycles. The van der Waals surface area contributed by atoms with Gasteiger partial charge in [-0.3, -0.25) is 4.68 Å². The predicted molar refractivity (Wildman–Crippen MR) is 114 cm³/mol. The van der Waals surface area contributed by atoms with E-state index in [1.165, 1.54) is 35.4 Å². The Bertz CT molecular complexity index is 914. The summed E-state index contributed by atoms with van der Waals surface area (Å²) in [4.78, 5) is 0. The Morgan fingerprint density at radius 2 is 1.64 bits per heavy atom. The molecular formula is C25H30N2O. The van der Waals surface area contributed by atoms with Crippen LogP contribution in [-0.4, -0.2) is 14.9 Å². The van der Waals surface area contributed by atoms with Gasteiger partial charge in [-0.15, -0.1) is 0 Å². The van der Waals surface area contributed by atoms with Gasteiger partial charge < -0.3 is 5.11 Å². The van der Waals surface area contributed by atoms with Crippen LogP contribution in [0.2, 0.25) is 0 Å². The second kappa shape index (κ2) is 7.92. The van der Waals surface area contributed by atoms with Gasteiger partial charge in [-0.2, -0.15) is 5.10 Å². The third-order valence-corrected chi connectivity index (χ3v) is 6.15. The first-order valence-corrected chi connectivity index (χ1v) is 10.4. The SMILES string of the molecule is CC(C)[C@@H]1CC[C@@H](C)c2c1nn(C[C@@H](O)c1ccccc1)c2-c1ccccc1. The van der Waals surface area contributed by atoms with Gasteiger partial charge in [-0.05, 0) is 30.2 Å². The molecule has 0 spiro atoms. The largest absolute Gasteiger partial charge is 0.386 e. The molecule has 0 bridgehead atoms. The highest BCUT2D eigenvalue weighted by Gasteiger charge is 2.34. The molecule has 0 radical (unpaired) electrons. The van der Waals surface area contributed by atoms with Crippen molar-refractivity contribution < 1.29 is 5.11 Å². The number of fused-ring (bicyclic) bond motifs is 1. The number of aliphatic hydroxyl groups is 1. The highest BCUT2D eigenvalue weighted by molar-refractivity contribution is 5.66. The minimum atomic E-state index is -0.571. The summed E-state index contributed by atoms with van der Waals surface area (Å²) in [6.07, 6.45) is 1.82. The van der Waals surface area contributed by atoms with Crippen LogP contribution in [0.15, 0.2) is 60.7 Å². The number of hydrogen-bond acceptors (Lipinski definition) is 2. The van der Waals surface area contributed by atoms with E-state index in [0.717, 1.165) is 5.56 Å². The number of aromatic nitrogens is 2. The maximum Gasteiger partial charge on any atom is 0.0986 e. The quantitative estimate of drug-likeness (QED) is 0.602. The summed E-state index contributed by atoms with van der Waals surface area (Å²) in [6.45, 7) is 7.38. The van der Waals surface area contributed by atoms with E-state index in [1.807, 2.05) is 30.3 Å². The molecule has 0 saturated carbocycles. The Labute approximate surface area is 168 Å². The van der Waals surface area contributed by atoms with Crippen molar-refractivity contribution in [1.82, 2.24) is 9.78 Å². The molecule has 3 nitrogen and oxygen atoms in total. The number of aliphatic hydroxyl groups excluding tert-OH is 1. The van der Waals surface area contributed by atoms with Crippen molar-refractivity contribution in [1.29, 1.82) is 0 Å². The molecule has 1 aliphatic carbocycles. The third-order valence-electron chi connectivity index (χ3n) is 6.15. The molecule has 28 heavy (non-hydrogen) atoms. The normalized spacial score (nSPS) is 20.2. The molecule has 2 aromatic carbocycles. The van der Waals surface area contributed by atoms with Crippen LogP contribution in [0.3, 0.4) is 0 Å². The molecule has 1 N–H and O–H groups in total. The number of nitrogens with zero attached hydrogens (tertiary/aromatic N) is 2. The van der Waals surface area contributed by atoms with Crippen LogP contribution in [0.25, 0.3) is 11.3 Å². The molecule has 1 aromatic heterocycles. The van der Waals surface area contributed by atoms with E-state index in [1.54, 1.807) is 0 Å². The molecule has 4 rings (SSSR count). The number of rotatable bonds is 5. The Hall–Kier alpha value is -2.39. The summed E-state index contributed by atoms with van der Waals surface area (Å²) in [5.74, 6) is 1.55. The molecule has 3 atom stereocenters. The predicted octanol–water partition coefficient (Wildman–Crippen LogP) is 5.92. The van der Waals surface area contributed by atoms with Gasteiger partial charge in [-0.1, -0.05) is 81.4 Å². The summed E-state index contributed by atoms with van der Waals surface area (Å²) >= 11 is 0. The van der Waals surface area contributed by atoms with E-state index in [0.29, 0.717) is 24.3 Å². The molecule has 0 saturated heterocycles. The molecule has 3 aromatic rings. The second-order valence-electron chi connectivity index (χ2n) is 8.45. The third kappa shape index (κ3) is 3.51. The van der Waals surface area contributed by atoms with E-state index in [-0.39, 0.29) is 0 Å². The molecule has 3 heteroatoms. The lowest BCUT2D eigenvalue weighted by atomic mass is 9.75. The fourth-order valence-corrected chi connectivity index (χ4v) is 4.59. The van der Waals surface area contributed by atoms with Crippen molar-refractivity contribution in [3.63, 3.8) is 0 Å². The molecular weight excluding hydrogens is 344 g/mol. The lowest BCUT2D eigenvalue weighted by Crippen LogP contribution is -2.16. The van der Waals surface area contributed by atoms with Crippen LogP contribution >= 0.6 is 0 Å². The summed E-state index contributed by atoms with van der Waals surface area (Å²) in [5.41, 5.74) is 5.93. The molecule has 146 valence electrons. The fourth-order valence-electron chi connectivity index (χ4n) is 4.59. The van der Waals surface area contributed by atoms with Gasteiger partial charge in [0.2, 0.25) is 0 Å². The first kappa shape index (κ1) is 18.9. The molecule has 0 unspecified atom stereocenters. The highest BCUT2D eigenvalue weighted by atomic mass is 16.3. The lowest BCUT2D eigenvalue weighted by Gasteiger charge is -2.29. The summed E-state index contributed by atoms with van der Waals surface area (Å²) in [5, 5.41) is 16.0. The molecule has 0 fully saturated rings. The monoisotopic (exact) mass is 374 g/mol. The fraction of sp³-hybridized carbons (Fsp3) is 0.400. The van der Waals surface area contributed by atoms with Gasteiger partial charge >= 0.3 is 0 Å². The van der Waals surface area contributed by atoms with Crippen LogP contribution in [0.1, 0.15) is 68.4 Å². The van der Waals surface area contributed by atoms with E-state index in [9.17, 15) is 5.11 Å².